The van der Waals surface area contributed by atoms with Crippen molar-refractivity contribution in [3.63, 3.8) is 0 Å². The largest absolute Gasteiger partial charge is 0.340 e. The summed E-state index contributed by atoms with van der Waals surface area (Å²) in [6.07, 6.45) is 0. The number of rotatable bonds is 7. The normalized spacial score (nSPS) is 11.7. The maximum absolute atomic E-state index is 13.9. The number of anilines is 1. The van der Waals surface area contributed by atoms with Crippen LogP contribution in [-0.4, -0.2) is 42.3 Å². The zero-order valence-electron chi connectivity index (χ0n) is 16.7. The fourth-order valence-corrected chi connectivity index (χ4v) is 3.11. The van der Waals surface area contributed by atoms with E-state index in [1.807, 2.05) is 0 Å². The molecule has 0 heterocycles. The maximum atomic E-state index is 13.9. The van der Waals surface area contributed by atoms with Crippen molar-refractivity contribution in [1.29, 1.82) is 0 Å². The summed E-state index contributed by atoms with van der Waals surface area (Å²) >= 11 is 3.32. The van der Waals surface area contributed by atoms with Crippen molar-refractivity contribution >= 4 is 39.3 Å². The molecular formula is C21H22BrF2N3O3. The van der Waals surface area contributed by atoms with Crippen molar-refractivity contribution in [1.82, 2.24) is 10.2 Å². The highest BCUT2D eigenvalue weighted by Crippen LogP contribution is 2.21. The standard InChI is InChI=1S/C21H22BrF2N3O3/c1-12(2)19(26-20(29)18-14(23)8-6-9-15(18)24)21(30)27(3)11-17(28)25-16-10-5-4-7-13(16)22/h4-10,12,19H,11H2,1-3H3,(H,25,28)(H,26,29)/t19-/m0/s1. The van der Waals surface area contributed by atoms with E-state index in [4.69, 9.17) is 0 Å². The minimum Gasteiger partial charge on any atom is -0.340 e. The number of nitrogens with zero attached hydrogens (tertiary/aromatic N) is 1. The van der Waals surface area contributed by atoms with E-state index in [0.29, 0.717) is 10.2 Å². The first-order valence-corrected chi connectivity index (χ1v) is 9.95. The van der Waals surface area contributed by atoms with Gasteiger partial charge in [-0.3, -0.25) is 14.4 Å². The van der Waals surface area contributed by atoms with Crippen LogP contribution in [0.1, 0.15) is 24.2 Å². The number of benzene rings is 2. The lowest BCUT2D eigenvalue weighted by Gasteiger charge is -2.27. The number of carbonyl (C=O) groups is 3. The molecule has 0 unspecified atom stereocenters. The van der Waals surface area contributed by atoms with Gasteiger partial charge in [0.15, 0.2) is 0 Å². The van der Waals surface area contributed by atoms with Crippen molar-refractivity contribution in [2.75, 3.05) is 18.9 Å². The van der Waals surface area contributed by atoms with Crippen molar-refractivity contribution in [3.05, 3.63) is 64.1 Å². The van der Waals surface area contributed by atoms with Gasteiger partial charge in [-0.15, -0.1) is 0 Å². The summed E-state index contributed by atoms with van der Waals surface area (Å²) in [6.45, 7) is 3.08. The zero-order valence-corrected chi connectivity index (χ0v) is 18.3. The lowest BCUT2D eigenvalue weighted by Crippen LogP contribution is -2.51. The molecule has 0 aliphatic rings. The number of likely N-dealkylation sites (N-methyl/N-ethyl adjacent to an activating group) is 1. The molecule has 1 atom stereocenters. The Balaban J connectivity index is 2.08. The van der Waals surface area contributed by atoms with E-state index >= 15 is 0 Å². The summed E-state index contributed by atoms with van der Waals surface area (Å²) < 4.78 is 28.4. The molecule has 2 rings (SSSR count). The van der Waals surface area contributed by atoms with Crippen LogP contribution in [0.4, 0.5) is 14.5 Å². The van der Waals surface area contributed by atoms with E-state index in [0.717, 1.165) is 23.1 Å². The number of nitrogens with one attached hydrogen (secondary N) is 2. The van der Waals surface area contributed by atoms with Gasteiger partial charge in [-0.05, 0) is 46.1 Å². The van der Waals surface area contributed by atoms with E-state index in [-0.39, 0.29) is 12.5 Å². The van der Waals surface area contributed by atoms with E-state index in [1.165, 1.54) is 7.05 Å². The van der Waals surface area contributed by atoms with Gasteiger partial charge in [0.25, 0.3) is 5.91 Å². The third kappa shape index (κ3) is 5.85. The Labute approximate surface area is 181 Å². The van der Waals surface area contributed by atoms with Gasteiger partial charge >= 0.3 is 0 Å². The van der Waals surface area contributed by atoms with Gasteiger partial charge in [0.2, 0.25) is 11.8 Å². The quantitative estimate of drug-likeness (QED) is 0.634. The summed E-state index contributed by atoms with van der Waals surface area (Å²) in [5.74, 6) is -4.47. The molecule has 9 heteroatoms. The zero-order chi connectivity index (χ0) is 22.4. The van der Waals surface area contributed by atoms with E-state index < -0.39 is 41.0 Å². The van der Waals surface area contributed by atoms with Crippen LogP contribution in [0.15, 0.2) is 46.9 Å². The number of amides is 3. The van der Waals surface area contributed by atoms with Gasteiger partial charge in [-0.2, -0.15) is 0 Å². The molecule has 30 heavy (non-hydrogen) atoms. The third-order valence-electron chi connectivity index (χ3n) is 4.31. The lowest BCUT2D eigenvalue weighted by atomic mass is 10.0. The Kier molecular flexibility index (Phi) is 8.05. The highest BCUT2D eigenvalue weighted by molar-refractivity contribution is 9.10. The summed E-state index contributed by atoms with van der Waals surface area (Å²) in [4.78, 5) is 38.6. The second-order valence-electron chi connectivity index (χ2n) is 7.01. The highest BCUT2D eigenvalue weighted by atomic mass is 79.9. The monoisotopic (exact) mass is 481 g/mol. The molecule has 160 valence electrons. The predicted molar refractivity (Wildman–Crippen MR) is 113 cm³/mol. The number of hydrogen-bond donors (Lipinski definition) is 2. The van der Waals surface area contributed by atoms with Gasteiger partial charge in [0, 0.05) is 11.5 Å². The van der Waals surface area contributed by atoms with Gasteiger partial charge in [0.1, 0.15) is 23.2 Å². The Morgan fingerprint density at radius 1 is 1.03 bits per heavy atom. The van der Waals surface area contributed by atoms with E-state index in [2.05, 4.69) is 26.6 Å². The first-order valence-electron chi connectivity index (χ1n) is 9.16. The van der Waals surface area contributed by atoms with Crippen molar-refractivity contribution in [2.24, 2.45) is 5.92 Å². The fourth-order valence-electron chi connectivity index (χ4n) is 2.72. The molecule has 3 amide bonds. The third-order valence-corrected chi connectivity index (χ3v) is 5.01. The number of hydrogen-bond acceptors (Lipinski definition) is 3. The molecule has 0 aromatic heterocycles. The van der Waals surface area contributed by atoms with Crippen LogP contribution in [0.2, 0.25) is 0 Å². The molecule has 0 radical (unpaired) electrons. The Morgan fingerprint density at radius 2 is 1.63 bits per heavy atom. The number of carbonyl (C=O) groups excluding carboxylic acids is 3. The Morgan fingerprint density at radius 3 is 2.20 bits per heavy atom. The van der Waals surface area contributed by atoms with Crippen LogP contribution in [0.3, 0.4) is 0 Å². The van der Waals surface area contributed by atoms with Crippen LogP contribution >= 0.6 is 15.9 Å². The van der Waals surface area contributed by atoms with Crippen molar-refractivity contribution < 1.29 is 23.2 Å². The average molecular weight is 482 g/mol. The van der Waals surface area contributed by atoms with Gasteiger partial charge < -0.3 is 15.5 Å². The molecule has 6 nitrogen and oxygen atoms in total. The number of para-hydroxylation sites is 1. The van der Waals surface area contributed by atoms with Crippen molar-refractivity contribution in [3.8, 4) is 0 Å². The summed E-state index contributed by atoms with van der Waals surface area (Å²) in [5.41, 5.74) is -0.211. The SMILES string of the molecule is CC(C)[C@H](NC(=O)c1c(F)cccc1F)C(=O)N(C)CC(=O)Nc1ccccc1Br. The molecule has 0 spiro atoms. The Hall–Kier alpha value is -2.81. The average Bonchev–Trinajstić information content (AvgIpc) is 2.67. The van der Waals surface area contributed by atoms with Crippen LogP contribution < -0.4 is 10.6 Å². The molecule has 0 saturated carbocycles. The first-order chi connectivity index (χ1) is 14.1. The van der Waals surface area contributed by atoms with Crippen LogP contribution in [0, 0.1) is 17.6 Å². The summed E-state index contributed by atoms with van der Waals surface area (Å²) in [5, 5.41) is 5.06. The van der Waals surface area contributed by atoms with Crippen LogP contribution in [-0.2, 0) is 9.59 Å². The van der Waals surface area contributed by atoms with Gasteiger partial charge in [-0.25, -0.2) is 8.78 Å². The van der Waals surface area contributed by atoms with Crippen LogP contribution in [0.25, 0.3) is 0 Å². The summed E-state index contributed by atoms with van der Waals surface area (Å²) in [7, 11) is 1.41. The molecule has 0 aliphatic carbocycles. The molecule has 0 saturated heterocycles. The van der Waals surface area contributed by atoms with E-state index in [9.17, 15) is 23.2 Å². The molecule has 2 aromatic rings. The molecule has 2 N–H and O–H groups in total. The number of halogens is 3. The fraction of sp³-hybridized carbons (Fsp3) is 0.286. The first kappa shape index (κ1) is 23.5. The second kappa shape index (κ2) is 10.3. The predicted octanol–water partition coefficient (Wildman–Crippen LogP) is 3.58. The minimum atomic E-state index is -1.07. The topological polar surface area (TPSA) is 78.5 Å². The Bertz CT molecular complexity index is 933. The lowest BCUT2D eigenvalue weighted by molar-refractivity contribution is -0.135. The molecule has 0 aliphatic heterocycles. The maximum Gasteiger partial charge on any atom is 0.257 e. The molecule has 2 aromatic carbocycles. The molecule has 0 bridgehead atoms. The van der Waals surface area contributed by atoms with Crippen molar-refractivity contribution in [2.45, 2.75) is 19.9 Å². The minimum absolute atomic E-state index is 0.271. The molecule has 0 fully saturated rings. The van der Waals surface area contributed by atoms with Gasteiger partial charge in [-0.1, -0.05) is 32.0 Å². The second-order valence-corrected chi connectivity index (χ2v) is 7.87. The van der Waals surface area contributed by atoms with E-state index in [1.54, 1.807) is 38.1 Å². The summed E-state index contributed by atoms with van der Waals surface area (Å²) in [6, 6.07) is 9.00. The van der Waals surface area contributed by atoms with Crippen LogP contribution in [0.5, 0.6) is 0 Å². The molecular weight excluding hydrogens is 460 g/mol. The van der Waals surface area contributed by atoms with Gasteiger partial charge in [0.05, 0.1) is 12.2 Å². The highest BCUT2D eigenvalue weighted by Gasteiger charge is 2.30. The smallest absolute Gasteiger partial charge is 0.257 e.